The van der Waals surface area contributed by atoms with Crippen LogP contribution in [0.25, 0.3) is 0 Å². The predicted molar refractivity (Wildman–Crippen MR) is 111 cm³/mol. The lowest BCUT2D eigenvalue weighted by Crippen LogP contribution is -2.21. The molecule has 0 saturated carbocycles. The van der Waals surface area contributed by atoms with Gasteiger partial charge in [-0.05, 0) is 55.2 Å². The third-order valence-corrected chi connectivity index (χ3v) is 7.95. The minimum Gasteiger partial charge on any atom is -0.323 e. The Morgan fingerprint density at radius 1 is 0.967 bits per heavy atom. The Balaban J connectivity index is 1.82. The normalized spacial score (nSPS) is 21.7. The van der Waals surface area contributed by atoms with E-state index in [4.69, 9.17) is 5.73 Å². The quantitative estimate of drug-likeness (QED) is 0.611. The summed E-state index contributed by atoms with van der Waals surface area (Å²) in [5.41, 5.74) is 8.52. The molecule has 0 saturated heterocycles. The molecule has 1 aliphatic rings. The van der Waals surface area contributed by atoms with E-state index in [-0.39, 0.29) is 23.3 Å². The molecular weight excluding hydrogens is 406 g/mol. The van der Waals surface area contributed by atoms with Crippen LogP contribution in [0, 0.1) is 18.6 Å². The van der Waals surface area contributed by atoms with Crippen molar-refractivity contribution in [2.45, 2.75) is 41.9 Å². The van der Waals surface area contributed by atoms with E-state index in [1.807, 2.05) is 6.92 Å². The Hall–Kier alpha value is -2.64. The summed E-state index contributed by atoms with van der Waals surface area (Å²) in [6, 6.07) is 13.4. The zero-order chi connectivity index (χ0) is 21.5. The highest BCUT2D eigenvalue weighted by atomic mass is 32.2. The molecule has 0 bridgehead atoms. The van der Waals surface area contributed by atoms with Crippen molar-refractivity contribution in [2.75, 3.05) is 0 Å². The maximum Gasteiger partial charge on any atom is 0.186 e. The molecule has 3 atom stereocenters. The van der Waals surface area contributed by atoms with Crippen molar-refractivity contribution in [1.82, 2.24) is 4.98 Å². The van der Waals surface area contributed by atoms with Crippen LogP contribution >= 0.6 is 0 Å². The van der Waals surface area contributed by atoms with Gasteiger partial charge >= 0.3 is 0 Å². The third kappa shape index (κ3) is 3.52. The molecule has 4 nitrogen and oxygen atoms in total. The predicted octanol–water partition coefficient (Wildman–Crippen LogP) is 4.76. The van der Waals surface area contributed by atoms with Gasteiger partial charge < -0.3 is 5.73 Å². The van der Waals surface area contributed by atoms with E-state index in [0.29, 0.717) is 11.3 Å². The summed E-state index contributed by atoms with van der Waals surface area (Å²) in [6.45, 7) is 1.88. The second-order valence-corrected chi connectivity index (χ2v) is 9.81. The molecule has 0 aliphatic heterocycles. The summed E-state index contributed by atoms with van der Waals surface area (Å²) >= 11 is 0. The van der Waals surface area contributed by atoms with E-state index in [1.165, 1.54) is 18.3 Å². The molecule has 1 aliphatic carbocycles. The number of sulfone groups is 1. The molecule has 1 aromatic heterocycles. The van der Waals surface area contributed by atoms with Crippen LogP contribution in [0.3, 0.4) is 0 Å². The van der Waals surface area contributed by atoms with Gasteiger partial charge in [-0.25, -0.2) is 17.2 Å². The van der Waals surface area contributed by atoms with Crippen molar-refractivity contribution in [1.29, 1.82) is 0 Å². The van der Waals surface area contributed by atoms with Gasteiger partial charge in [-0.1, -0.05) is 35.9 Å². The fourth-order valence-corrected chi connectivity index (χ4v) is 5.98. The molecule has 3 aromatic rings. The minimum absolute atomic E-state index is 0.158. The smallest absolute Gasteiger partial charge is 0.186 e. The lowest BCUT2D eigenvalue weighted by atomic mass is 9.86. The Kier molecular flexibility index (Phi) is 5.42. The van der Waals surface area contributed by atoms with Gasteiger partial charge in [-0.3, -0.25) is 4.98 Å². The summed E-state index contributed by atoms with van der Waals surface area (Å²) in [7, 11) is -3.75. The largest absolute Gasteiger partial charge is 0.323 e. The summed E-state index contributed by atoms with van der Waals surface area (Å²) in [4.78, 5) is 4.57. The van der Waals surface area contributed by atoms with E-state index in [0.717, 1.165) is 11.6 Å². The second-order valence-electron chi connectivity index (χ2n) is 7.68. The van der Waals surface area contributed by atoms with Gasteiger partial charge in [0.1, 0.15) is 5.25 Å². The molecule has 2 aromatic carbocycles. The first-order valence-electron chi connectivity index (χ1n) is 9.75. The van der Waals surface area contributed by atoms with Crippen molar-refractivity contribution >= 4 is 9.84 Å². The van der Waals surface area contributed by atoms with Crippen LogP contribution in [-0.4, -0.2) is 13.4 Å². The SMILES string of the molecule is Cc1ccc(S(=O)(=O)[C@H]2CC[C@@H](c3cccc(F)c3F)[C@H](N)c3cccnc32)cc1. The van der Waals surface area contributed by atoms with Gasteiger partial charge in [-0.15, -0.1) is 0 Å². The Bertz CT molecular complexity index is 1180. The third-order valence-electron chi connectivity index (χ3n) is 5.81. The molecule has 0 spiro atoms. The number of nitrogens with two attached hydrogens (primary N) is 1. The summed E-state index contributed by atoms with van der Waals surface area (Å²) in [5.74, 6) is -2.45. The zero-order valence-electron chi connectivity index (χ0n) is 16.4. The maximum atomic E-state index is 14.5. The van der Waals surface area contributed by atoms with E-state index < -0.39 is 38.7 Å². The fraction of sp³-hybridized carbons (Fsp3) is 0.261. The Morgan fingerprint density at radius 3 is 2.40 bits per heavy atom. The molecule has 30 heavy (non-hydrogen) atoms. The van der Waals surface area contributed by atoms with Crippen LogP contribution in [0.15, 0.2) is 65.7 Å². The highest BCUT2D eigenvalue weighted by Crippen LogP contribution is 2.45. The van der Waals surface area contributed by atoms with Crippen LogP contribution in [0.5, 0.6) is 0 Å². The lowest BCUT2D eigenvalue weighted by molar-refractivity contribution is 0.453. The number of pyridine rings is 1. The lowest BCUT2D eigenvalue weighted by Gasteiger charge is -2.23. The van der Waals surface area contributed by atoms with Crippen LogP contribution in [-0.2, 0) is 9.84 Å². The molecule has 0 unspecified atom stereocenters. The van der Waals surface area contributed by atoms with Crippen LogP contribution < -0.4 is 5.73 Å². The van der Waals surface area contributed by atoms with Crippen molar-refractivity contribution in [2.24, 2.45) is 5.73 Å². The van der Waals surface area contributed by atoms with Crippen molar-refractivity contribution in [3.63, 3.8) is 0 Å². The molecule has 0 radical (unpaired) electrons. The second kappa shape index (κ2) is 7.89. The standard InChI is InChI=1S/C23H22F2N2O2S/c1-14-7-9-15(10-8-14)30(28,29)20-12-11-17(16-4-2-6-19(24)21(16)25)22(26)18-5-3-13-27-23(18)20/h2-10,13,17,20,22H,11-12,26H2,1H3/t17-,20-,22-/m0/s1. The summed E-state index contributed by atoms with van der Waals surface area (Å²) < 4.78 is 55.3. The number of aromatic nitrogens is 1. The Labute approximate surface area is 174 Å². The molecule has 1 heterocycles. The monoisotopic (exact) mass is 428 g/mol. The fourth-order valence-electron chi connectivity index (χ4n) is 4.19. The van der Waals surface area contributed by atoms with Gasteiger partial charge in [0.05, 0.1) is 10.6 Å². The van der Waals surface area contributed by atoms with Gasteiger partial charge in [0.15, 0.2) is 21.5 Å². The van der Waals surface area contributed by atoms with E-state index in [9.17, 15) is 17.2 Å². The van der Waals surface area contributed by atoms with Crippen LogP contribution in [0.2, 0.25) is 0 Å². The molecule has 0 amide bonds. The number of fused-ring (bicyclic) bond motifs is 1. The summed E-state index contributed by atoms with van der Waals surface area (Å²) in [5, 5.41) is -0.913. The number of halogens is 2. The average Bonchev–Trinajstić information content (AvgIpc) is 2.88. The van der Waals surface area contributed by atoms with E-state index >= 15 is 0 Å². The first kappa shape index (κ1) is 20.6. The molecule has 0 fully saturated rings. The average molecular weight is 429 g/mol. The van der Waals surface area contributed by atoms with Crippen molar-refractivity contribution in [3.05, 3.63) is 94.8 Å². The number of aryl methyl sites for hydroxylation is 1. The van der Waals surface area contributed by atoms with Crippen molar-refractivity contribution < 1.29 is 17.2 Å². The van der Waals surface area contributed by atoms with Gasteiger partial charge in [0, 0.05) is 18.2 Å². The van der Waals surface area contributed by atoms with Gasteiger partial charge in [0.2, 0.25) is 0 Å². The first-order chi connectivity index (χ1) is 14.3. The number of nitrogens with zero attached hydrogens (tertiary/aromatic N) is 1. The maximum absolute atomic E-state index is 14.5. The topological polar surface area (TPSA) is 73.0 Å². The highest BCUT2D eigenvalue weighted by Gasteiger charge is 2.39. The number of benzene rings is 2. The van der Waals surface area contributed by atoms with Crippen molar-refractivity contribution in [3.8, 4) is 0 Å². The van der Waals surface area contributed by atoms with E-state index in [2.05, 4.69) is 4.98 Å². The number of hydrogen-bond acceptors (Lipinski definition) is 4. The zero-order valence-corrected chi connectivity index (χ0v) is 17.2. The van der Waals surface area contributed by atoms with Gasteiger partial charge in [-0.2, -0.15) is 0 Å². The van der Waals surface area contributed by atoms with Crippen LogP contribution in [0.4, 0.5) is 8.78 Å². The Morgan fingerprint density at radius 2 is 1.67 bits per heavy atom. The first-order valence-corrected chi connectivity index (χ1v) is 11.3. The number of hydrogen-bond donors (Lipinski definition) is 1. The molecule has 156 valence electrons. The highest BCUT2D eigenvalue weighted by molar-refractivity contribution is 7.91. The minimum atomic E-state index is -3.75. The number of rotatable bonds is 3. The van der Waals surface area contributed by atoms with Gasteiger partial charge in [0.25, 0.3) is 0 Å². The van der Waals surface area contributed by atoms with Crippen LogP contribution in [0.1, 0.15) is 52.4 Å². The van der Waals surface area contributed by atoms with E-state index in [1.54, 1.807) is 36.4 Å². The molecular formula is C23H22F2N2O2S. The molecule has 2 N–H and O–H groups in total. The summed E-state index contributed by atoms with van der Waals surface area (Å²) in [6.07, 6.45) is 2.02. The molecule has 4 rings (SSSR count). The molecule has 7 heteroatoms.